The number of aromatic hydroxyl groups is 1. The van der Waals surface area contributed by atoms with Crippen molar-refractivity contribution in [2.45, 2.75) is 184 Å². The van der Waals surface area contributed by atoms with Gasteiger partial charge in [-0.2, -0.15) is 0 Å². The van der Waals surface area contributed by atoms with E-state index in [4.69, 9.17) is 17.2 Å². The molecule has 2 saturated heterocycles. The summed E-state index contributed by atoms with van der Waals surface area (Å²) in [4.78, 5) is 219. The van der Waals surface area contributed by atoms with Gasteiger partial charge in [-0.25, -0.2) is 4.79 Å². The highest BCUT2D eigenvalue weighted by Crippen LogP contribution is 2.24. The van der Waals surface area contributed by atoms with E-state index in [9.17, 15) is 107 Å². The molecule has 11 atom stereocenters. The number of nitrogens with two attached hydrogens (primary N) is 3. The number of phenolic OH excluding ortho intramolecular Hbond substituents is 1. The van der Waals surface area contributed by atoms with E-state index >= 15 is 0 Å². The number of nitrogens with zero attached hydrogens (tertiary/aromatic N) is 3. The Bertz CT molecular complexity index is 3350. The average molecular weight is 1420 g/mol. The van der Waals surface area contributed by atoms with Crippen molar-refractivity contribution in [2.24, 2.45) is 34.0 Å². The van der Waals surface area contributed by atoms with Crippen molar-refractivity contribution < 1.29 is 107 Å². The summed E-state index contributed by atoms with van der Waals surface area (Å²) in [7, 11) is 0. The molecule has 2 aromatic carbocycles. The van der Waals surface area contributed by atoms with Crippen LogP contribution in [0.25, 0.3) is 0 Å². The number of carboxylic acid groups (broad SMARTS) is 5. The van der Waals surface area contributed by atoms with Gasteiger partial charge in [0.25, 0.3) is 0 Å². The normalized spacial score (nSPS) is 16.7. The molecule has 0 unspecified atom stereocenters. The molecule has 11 amide bonds. The molecule has 0 radical (unpaired) electrons. The summed E-state index contributed by atoms with van der Waals surface area (Å²) in [6.07, 6.45) is -4.52. The maximum absolute atomic E-state index is 14.5. The first-order valence-corrected chi connectivity index (χ1v) is 32.6. The van der Waals surface area contributed by atoms with E-state index in [-0.39, 0.29) is 89.1 Å². The van der Waals surface area contributed by atoms with Gasteiger partial charge in [0.15, 0.2) is 5.96 Å². The molecular weight excluding hydrogens is 1330 g/mol. The van der Waals surface area contributed by atoms with Gasteiger partial charge < -0.3 is 105 Å². The average Bonchev–Trinajstić information content (AvgIpc) is 1.71. The zero-order valence-corrected chi connectivity index (χ0v) is 56.2. The number of likely N-dealkylation sites (tertiary alicyclic amines) is 2. The van der Waals surface area contributed by atoms with Crippen LogP contribution in [0.4, 0.5) is 0 Å². The Labute approximate surface area is 579 Å². The van der Waals surface area contributed by atoms with Crippen molar-refractivity contribution in [3.05, 3.63) is 65.7 Å². The molecule has 0 aliphatic carbocycles. The van der Waals surface area contributed by atoms with Crippen LogP contribution in [0, 0.1) is 11.8 Å². The van der Waals surface area contributed by atoms with Crippen LogP contribution in [0.15, 0.2) is 59.6 Å². The number of rotatable bonds is 41. The van der Waals surface area contributed by atoms with Crippen LogP contribution in [0.3, 0.4) is 0 Å². The lowest BCUT2D eigenvalue weighted by atomic mass is 9.99. The van der Waals surface area contributed by atoms with Gasteiger partial charge in [0.05, 0.1) is 31.8 Å². The molecule has 0 spiro atoms. The second-order valence-corrected chi connectivity index (χ2v) is 25.1. The summed E-state index contributed by atoms with van der Waals surface area (Å²) in [6, 6.07) is -3.56. The second kappa shape index (κ2) is 40.2. The predicted octanol–water partition coefficient (Wildman–Crippen LogP) is -4.39. The van der Waals surface area contributed by atoms with E-state index in [1.54, 1.807) is 44.2 Å². The molecule has 0 aromatic heterocycles. The smallest absolute Gasteiger partial charge is 0.326 e. The first kappa shape index (κ1) is 82.4. The zero-order valence-electron chi connectivity index (χ0n) is 56.2. The van der Waals surface area contributed by atoms with Gasteiger partial charge in [-0.1, -0.05) is 70.2 Å². The summed E-state index contributed by atoms with van der Waals surface area (Å²) in [6.45, 7) is 5.13. The Morgan fingerprint density at radius 3 is 1.51 bits per heavy atom. The summed E-state index contributed by atoms with van der Waals surface area (Å²) >= 11 is 0. The third kappa shape index (κ3) is 27.7. The molecule has 101 heavy (non-hydrogen) atoms. The number of aliphatic imine (C=N–C) groups is 1. The van der Waals surface area contributed by atoms with E-state index in [1.165, 1.54) is 38.1 Å². The minimum atomic E-state index is -1.97. The number of carboxylic acids is 5. The third-order valence-electron chi connectivity index (χ3n) is 16.2. The van der Waals surface area contributed by atoms with Crippen LogP contribution >= 0.6 is 0 Å². The molecule has 0 bridgehead atoms. The summed E-state index contributed by atoms with van der Waals surface area (Å²) in [5, 5.41) is 80.0. The minimum absolute atomic E-state index is 0.0189. The van der Waals surface area contributed by atoms with E-state index < -0.39 is 212 Å². The molecule has 37 heteroatoms. The van der Waals surface area contributed by atoms with Gasteiger partial charge in [-0.05, 0) is 92.9 Å². The lowest BCUT2D eigenvalue weighted by Gasteiger charge is -2.31. The first-order chi connectivity index (χ1) is 47.5. The van der Waals surface area contributed by atoms with Crippen molar-refractivity contribution in [1.82, 2.24) is 57.7 Å². The number of hydrogen-bond acceptors (Lipinski definition) is 19. The number of nitrogens with one attached hydrogen (secondary N) is 9. The molecule has 37 nitrogen and oxygen atoms in total. The number of hydrogen-bond donors (Lipinski definition) is 18. The lowest BCUT2D eigenvalue weighted by molar-refractivity contribution is -0.147. The monoisotopic (exact) mass is 1420 g/mol. The van der Waals surface area contributed by atoms with Gasteiger partial charge in [-0.15, -0.1) is 0 Å². The van der Waals surface area contributed by atoms with Crippen molar-refractivity contribution in [1.29, 1.82) is 0 Å². The SMILES string of the molecule is CC(C)C[C@H](NC(=O)[C@@H](NC(=O)CNC(=O)[C@H](CC(=O)O)NC(=O)[C@H](CCC(=O)O)NC(=O)[C@@H](N)Cc1ccccc1)C(C)C)C(=O)N[C@@H](CC(=O)O)C(=O)N1CCC[C@H]1C(=O)N[C@@H](CC(=O)O)C(=O)N[C@@H](Cc1ccc(O)cc1)C(=O)N1CCC[C@H]1C(=O)N[C@@H](CCCN=C(N)N)C(=O)O. The molecule has 2 aliphatic heterocycles. The highest BCUT2D eigenvalue weighted by atomic mass is 16.4. The van der Waals surface area contributed by atoms with Crippen LogP contribution in [-0.2, 0) is 89.6 Å². The van der Waals surface area contributed by atoms with E-state index in [0.29, 0.717) is 11.1 Å². The van der Waals surface area contributed by atoms with Crippen LogP contribution < -0.4 is 65.1 Å². The topological polar surface area (TPSA) is 600 Å². The van der Waals surface area contributed by atoms with Gasteiger partial charge in [0.1, 0.15) is 66.2 Å². The number of carbonyl (C=O) groups excluding carboxylic acids is 11. The van der Waals surface area contributed by atoms with E-state index in [1.807, 2.05) is 0 Å². The standard InChI is InChI=1S/C64H91N15O22/c1-32(2)25-40(74-60(97)52(33(3)4)77-47(81)31-69-54(91)41(28-49(84)85)72-55(92)38(20-21-48(82)83)70-53(90)37(65)26-34-11-6-5-7-12-34)56(93)76-44(30-51(88)89)62(99)79-24-10-15-46(79)59(96)73-42(29-50(86)87)57(94)75-43(27-35-16-18-36(80)19-17-35)61(98)78-23-9-14-45(78)58(95)71-39(63(100)101)13-8-22-68-64(66)67/h5-7,11-12,16-19,32-33,37-46,52,80H,8-10,13-15,20-31,65H2,1-4H3,(H,69,91)(H,70,90)(H,71,95)(H,72,92)(H,73,96)(H,74,97)(H,75,94)(H,76,93)(H,77,81)(H,82,83)(H,84,85)(H,86,87)(H,88,89)(H,100,101)(H4,66,67,68)/t37-,38-,39-,40-,41-,42-,43-,44-,45-,46-,52-/m0/s1. The molecule has 2 fully saturated rings. The van der Waals surface area contributed by atoms with Crippen molar-refractivity contribution >= 4 is 101 Å². The Morgan fingerprint density at radius 2 is 0.990 bits per heavy atom. The molecule has 0 saturated carbocycles. The molecule has 2 heterocycles. The van der Waals surface area contributed by atoms with Crippen LogP contribution in [0.2, 0.25) is 0 Å². The van der Waals surface area contributed by atoms with Crippen molar-refractivity contribution in [2.75, 3.05) is 26.2 Å². The fourth-order valence-electron chi connectivity index (χ4n) is 11.1. The maximum atomic E-state index is 14.5. The summed E-state index contributed by atoms with van der Waals surface area (Å²) in [5.41, 5.74) is 17.8. The fourth-order valence-corrected chi connectivity index (χ4v) is 11.1. The Hall–Kier alpha value is -11.0. The van der Waals surface area contributed by atoms with Crippen LogP contribution in [0.1, 0.15) is 116 Å². The highest BCUT2D eigenvalue weighted by molar-refractivity contribution is 6.01. The number of benzene rings is 2. The van der Waals surface area contributed by atoms with Gasteiger partial charge >= 0.3 is 29.8 Å². The summed E-state index contributed by atoms with van der Waals surface area (Å²) < 4.78 is 0. The largest absolute Gasteiger partial charge is 0.508 e. The van der Waals surface area contributed by atoms with Crippen molar-refractivity contribution in [3.8, 4) is 5.75 Å². The molecule has 21 N–H and O–H groups in total. The second-order valence-electron chi connectivity index (χ2n) is 25.1. The van der Waals surface area contributed by atoms with Gasteiger partial charge in [0, 0.05) is 32.5 Å². The van der Waals surface area contributed by atoms with Crippen LogP contribution in [-0.4, -0.2) is 234 Å². The molecule has 2 aliphatic rings. The Balaban J connectivity index is 1.48. The molecular formula is C64H91N15O22. The number of phenols is 1. The molecule has 2 aromatic rings. The number of guanidine groups is 1. The van der Waals surface area contributed by atoms with E-state index in [0.717, 1.165) is 9.80 Å². The number of carbonyl (C=O) groups is 16. The third-order valence-corrected chi connectivity index (χ3v) is 16.2. The fraction of sp³-hybridized carbons (Fsp3) is 0.547. The van der Waals surface area contributed by atoms with Gasteiger partial charge in [-0.3, -0.25) is 76.9 Å². The first-order valence-electron chi connectivity index (χ1n) is 32.6. The lowest BCUT2D eigenvalue weighted by Crippen LogP contribution is -2.61. The van der Waals surface area contributed by atoms with Crippen LogP contribution in [0.5, 0.6) is 5.75 Å². The Morgan fingerprint density at radius 1 is 0.515 bits per heavy atom. The number of amides is 11. The predicted molar refractivity (Wildman–Crippen MR) is 353 cm³/mol. The minimum Gasteiger partial charge on any atom is -0.508 e. The van der Waals surface area contributed by atoms with Crippen molar-refractivity contribution in [3.63, 3.8) is 0 Å². The Kier molecular flexibility index (Phi) is 32.8. The molecule has 554 valence electrons. The quantitative estimate of drug-likeness (QED) is 0.0170. The highest BCUT2D eigenvalue weighted by Gasteiger charge is 2.44. The summed E-state index contributed by atoms with van der Waals surface area (Å²) in [5.74, 6) is -20.7. The maximum Gasteiger partial charge on any atom is 0.326 e. The van der Waals surface area contributed by atoms with E-state index in [2.05, 4.69) is 52.8 Å². The number of aliphatic carboxylic acids is 5. The zero-order chi connectivity index (χ0) is 75.4. The van der Waals surface area contributed by atoms with Gasteiger partial charge in [0.2, 0.25) is 65.0 Å². The molecule has 4 rings (SSSR count).